The molecule has 1 amide bonds. The molecule has 0 fully saturated rings. The number of hydrogen-bond acceptors (Lipinski definition) is 4. The lowest BCUT2D eigenvalue weighted by Gasteiger charge is -2.26. The lowest BCUT2D eigenvalue weighted by atomic mass is 10.1. The summed E-state index contributed by atoms with van der Waals surface area (Å²) >= 11 is 1.44. The van der Waals surface area contributed by atoms with E-state index in [0.29, 0.717) is 5.69 Å². The number of nitrogens with zero attached hydrogens (tertiary/aromatic N) is 1. The zero-order chi connectivity index (χ0) is 20.2. The van der Waals surface area contributed by atoms with Crippen LogP contribution in [0.3, 0.4) is 0 Å². The Morgan fingerprint density at radius 1 is 1.07 bits per heavy atom. The van der Waals surface area contributed by atoms with E-state index in [1.807, 2.05) is 12.3 Å². The number of benzene rings is 2. The lowest BCUT2D eigenvalue weighted by molar-refractivity contribution is -0.152. The smallest absolute Gasteiger partial charge is 0.326 e. The van der Waals surface area contributed by atoms with Gasteiger partial charge < -0.3 is 4.74 Å². The summed E-state index contributed by atoms with van der Waals surface area (Å²) < 4.78 is 33.5. The van der Waals surface area contributed by atoms with Crippen molar-refractivity contribution in [2.45, 2.75) is 31.3 Å². The van der Waals surface area contributed by atoms with E-state index < -0.39 is 41.2 Å². The second-order valence-corrected chi connectivity index (χ2v) is 7.66. The van der Waals surface area contributed by atoms with Crippen LogP contribution < -0.4 is 4.90 Å². The number of rotatable bonds is 5. The molecule has 0 bridgehead atoms. The first-order valence-corrected chi connectivity index (χ1v) is 9.46. The van der Waals surface area contributed by atoms with E-state index in [1.54, 1.807) is 39.0 Å². The van der Waals surface area contributed by atoms with E-state index in [0.717, 1.165) is 21.9 Å². The quantitative estimate of drug-likeness (QED) is 0.547. The molecule has 2 rings (SSSR count). The molecule has 0 saturated heterocycles. The summed E-state index contributed by atoms with van der Waals surface area (Å²) in [6.45, 7) is 4.62. The molecule has 0 aromatic heterocycles. The molecule has 0 aliphatic heterocycles. The Labute approximate surface area is 161 Å². The average molecular weight is 393 g/mol. The highest BCUT2D eigenvalue weighted by Gasteiger charge is 2.28. The third-order valence-electron chi connectivity index (χ3n) is 3.49. The van der Waals surface area contributed by atoms with E-state index in [-0.39, 0.29) is 0 Å². The number of ether oxygens (including phenoxy) is 1. The van der Waals surface area contributed by atoms with Crippen molar-refractivity contribution >= 4 is 29.3 Å². The Morgan fingerprint density at radius 3 is 2.22 bits per heavy atom. The molecule has 0 spiro atoms. The van der Waals surface area contributed by atoms with Crippen molar-refractivity contribution in [2.24, 2.45) is 0 Å². The first-order valence-electron chi connectivity index (χ1n) is 8.24. The van der Waals surface area contributed by atoms with Gasteiger partial charge in [-0.25, -0.2) is 8.78 Å². The van der Waals surface area contributed by atoms with Crippen LogP contribution in [-0.4, -0.2) is 30.3 Å². The highest BCUT2D eigenvalue weighted by Crippen LogP contribution is 2.25. The fraction of sp³-hybridized carbons (Fsp3) is 0.300. The van der Waals surface area contributed by atoms with Crippen molar-refractivity contribution in [1.29, 1.82) is 0 Å². The number of hydrogen-bond donors (Lipinski definition) is 0. The summed E-state index contributed by atoms with van der Waals surface area (Å²) in [5, 5.41) is 0. The largest absolute Gasteiger partial charge is 0.459 e. The molecule has 0 aliphatic carbocycles. The molecule has 7 heteroatoms. The number of halogens is 2. The van der Waals surface area contributed by atoms with Gasteiger partial charge in [-0.3, -0.25) is 14.5 Å². The molecule has 0 atom stereocenters. The molecule has 4 nitrogen and oxygen atoms in total. The highest BCUT2D eigenvalue weighted by atomic mass is 32.2. The number of carbonyl (C=O) groups excluding carboxylic acids is 2. The van der Waals surface area contributed by atoms with Gasteiger partial charge >= 0.3 is 5.97 Å². The fourth-order valence-corrected chi connectivity index (χ4v) is 2.85. The predicted octanol–water partition coefficient (Wildman–Crippen LogP) is 4.68. The fourth-order valence-electron chi connectivity index (χ4n) is 2.40. The zero-order valence-corrected chi connectivity index (χ0v) is 16.4. The van der Waals surface area contributed by atoms with Crippen LogP contribution in [-0.2, 0) is 9.53 Å². The monoisotopic (exact) mass is 393 g/mol. The molecule has 0 heterocycles. The van der Waals surface area contributed by atoms with Gasteiger partial charge in [0, 0.05) is 10.6 Å². The van der Waals surface area contributed by atoms with Crippen LogP contribution in [0.1, 0.15) is 31.1 Å². The van der Waals surface area contributed by atoms with Gasteiger partial charge in [0.1, 0.15) is 29.3 Å². The van der Waals surface area contributed by atoms with Crippen LogP contribution in [0, 0.1) is 11.6 Å². The molecular weight excluding hydrogens is 372 g/mol. The molecule has 0 unspecified atom stereocenters. The Balaban J connectivity index is 2.45. The molecule has 27 heavy (non-hydrogen) atoms. The molecule has 0 aliphatic rings. The van der Waals surface area contributed by atoms with Crippen LogP contribution in [0.2, 0.25) is 0 Å². The van der Waals surface area contributed by atoms with Crippen molar-refractivity contribution in [3.8, 4) is 0 Å². The van der Waals surface area contributed by atoms with Crippen molar-refractivity contribution in [1.82, 2.24) is 0 Å². The minimum Gasteiger partial charge on any atom is -0.459 e. The van der Waals surface area contributed by atoms with E-state index in [2.05, 4.69) is 0 Å². The minimum atomic E-state index is -0.991. The number of thioether (sulfide) groups is 1. The van der Waals surface area contributed by atoms with Gasteiger partial charge in [0.2, 0.25) is 0 Å². The summed E-state index contributed by atoms with van der Waals surface area (Å²) in [5.74, 6) is -3.61. The number of carbonyl (C=O) groups is 2. The SMILES string of the molecule is CSc1cccc(N(CC(=O)OC(C)(C)C)C(=O)c2c(F)cccc2F)c1. The van der Waals surface area contributed by atoms with E-state index in [1.165, 1.54) is 17.8 Å². The van der Waals surface area contributed by atoms with Gasteiger partial charge in [0.05, 0.1) is 0 Å². The number of anilines is 1. The lowest BCUT2D eigenvalue weighted by Crippen LogP contribution is -2.39. The average Bonchev–Trinajstić information content (AvgIpc) is 2.58. The van der Waals surface area contributed by atoms with Gasteiger partial charge in [-0.1, -0.05) is 12.1 Å². The maximum absolute atomic E-state index is 14.1. The van der Waals surface area contributed by atoms with Crippen molar-refractivity contribution in [3.05, 3.63) is 59.7 Å². The first kappa shape index (κ1) is 20.9. The van der Waals surface area contributed by atoms with Gasteiger partial charge in [0.25, 0.3) is 5.91 Å². The highest BCUT2D eigenvalue weighted by molar-refractivity contribution is 7.98. The van der Waals surface area contributed by atoms with Crippen LogP contribution in [0.25, 0.3) is 0 Å². The molecule has 0 saturated carbocycles. The molecule has 2 aromatic rings. The maximum atomic E-state index is 14.1. The van der Waals surface area contributed by atoms with E-state index >= 15 is 0 Å². The summed E-state index contributed by atoms with van der Waals surface area (Å²) in [5.41, 5.74) is -1.12. The summed E-state index contributed by atoms with van der Waals surface area (Å²) in [4.78, 5) is 27.1. The van der Waals surface area contributed by atoms with Gasteiger partial charge in [-0.05, 0) is 57.4 Å². The Kier molecular flexibility index (Phi) is 6.59. The Hall–Kier alpha value is -2.41. The number of amides is 1. The summed E-state index contributed by atoms with van der Waals surface area (Å²) in [6, 6.07) is 9.98. The summed E-state index contributed by atoms with van der Waals surface area (Å²) in [7, 11) is 0. The number of esters is 1. The standard InChI is InChI=1S/C20H21F2NO3S/c1-20(2,3)26-17(24)12-23(13-7-5-8-14(11-13)27-4)19(25)18-15(21)9-6-10-16(18)22/h5-11H,12H2,1-4H3. The van der Waals surface area contributed by atoms with Gasteiger partial charge in [0.15, 0.2) is 0 Å². The summed E-state index contributed by atoms with van der Waals surface area (Å²) in [6.07, 6.45) is 1.86. The molecule has 0 radical (unpaired) electrons. The predicted molar refractivity (Wildman–Crippen MR) is 102 cm³/mol. The maximum Gasteiger partial charge on any atom is 0.326 e. The Morgan fingerprint density at radius 2 is 1.67 bits per heavy atom. The zero-order valence-electron chi connectivity index (χ0n) is 15.6. The first-order chi connectivity index (χ1) is 12.6. The second-order valence-electron chi connectivity index (χ2n) is 6.78. The van der Waals surface area contributed by atoms with E-state index in [9.17, 15) is 18.4 Å². The minimum absolute atomic E-state index is 0.348. The third kappa shape index (κ3) is 5.53. The van der Waals surface area contributed by atoms with Crippen LogP contribution in [0.4, 0.5) is 14.5 Å². The van der Waals surface area contributed by atoms with Crippen molar-refractivity contribution in [3.63, 3.8) is 0 Å². The van der Waals surface area contributed by atoms with Crippen LogP contribution in [0.15, 0.2) is 47.4 Å². The molecular formula is C20H21F2NO3S. The molecule has 0 N–H and O–H groups in total. The van der Waals surface area contributed by atoms with E-state index in [4.69, 9.17) is 4.74 Å². The Bertz CT molecular complexity index is 829. The second kappa shape index (κ2) is 8.52. The van der Waals surface area contributed by atoms with Crippen LogP contribution in [0.5, 0.6) is 0 Å². The third-order valence-corrected chi connectivity index (χ3v) is 4.22. The van der Waals surface area contributed by atoms with Crippen molar-refractivity contribution < 1.29 is 23.1 Å². The van der Waals surface area contributed by atoms with Crippen molar-refractivity contribution in [2.75, 3.05) is 17.7 Å². The molecule has 144 valence electrons. The van der Waals surface area contributed by atoms with Gasteiger partial charge in [-0.2, -0.15) is 0 Å². The normalized spacial score (nSPS) is 11.2. The van der Waals surface area contributed by atoms with Crippen LogP contribution >= 0.6 is 11.8 Å². The topological polar surface area (TPSA) is 46.6 Å². The molecule has 2 aromatic carbocycles. The van der Waals surface area contributed by atoms with Gasteiger partial charge in [-0.15, -0.1) is 11.8 Å².